The molecule has 6 nitrogen and oxygen atoms in total. The number of carbonyl (C=O) groups is 1. The second-order valence-electron chi connectivity index (χ2n) is 7.62. The molecule has 32 heavy (non-hydrogen) atoms. The van der Waals surface area contributed by atoms with Gasteiger partial charge in [-0.3, -0.25) is 4.79 Å². The van der Waals surface area contributed by atoms with E-state index in [9.17, 15) is 18.0 Å². The maximum Gasteiger partial charge on any atom is 0.433 e. The molecule has 0 radical (unpaired) electrons. The van der Waals surface area contributed by atoms with Gasteiger partial charge in [-0.15, -0.1) is 0 Å². The number of hydrogen-bond donors (Lipinski definition) is 0. The molecule has 10 heteroatoms. The SMILES string of the molecule is CCN1CCN(c2cc(C(F)(F)F)nc(SCc3ccc(C(=O)N(C)CC)cc3)n2)CC1. The molecule has 1 aliphatic rings. The molecule has 1 saturated heterocycles. The summed E-state index contributed by atoms with van der Waals surface area (Å²) in [5.41, 5.74) is 0.531. The minimum atomic E-state index is -4.54. The molecule has 2 aromatic rings. The van der Waals surface area contributed by atoms with Gasteiger partial charge in [0.2, 0.25) is 0 Å². The second-order valence-corrected chi connectivity index (χ2v) is 8.56. The molecule has 1 aromatic heterocycles. The van der Waals surface area contributed by atoms with Gasteiger partial charge >= 0.3 is 6.18 Å². The molecule has 1 fully saturated rings. The largest absolute Gasteiger partial charge is 0.433 e. The van der Waals surface area contributed by atoms with E-state index in [2.05, 4.69) is 21.8 Å². The molecule has 0 bridgehead atoms. The fourth-order valence-electron chi connectivity index (χ4n) is 3.33. The van der Waals surface area contributed by atoms with Crippen LogP contribution >= 0.6 is 11.8 Å². The Bertz CT molecular complexity index is 915. The molecule has 0 spiro atoms. The number of aromatic nitrogens is 2. The van der Waals surface area contributed by atoms with E-state index in [1.54, 1.807) is 24.1 Å². The number of amides is 1. The highest BCUT2D eigenvalue weighted by molar-refractivity contribution is 7.98. The van der Waals surface area contributed by atoms with Crippen LogP contribution in [0.2, 0.25) is 0 Å². The number of nitrogens with zero attached hydrogens (tertiary/aromatic N) is 5. The fourth-order valence-corrected chi connectivity index (χ4v) is 4.14. The van der Waals surface area contributed by atoms with Gasteiger partial charge in [-0.05, 0) is 31.2 Å². The highest BCUT2D eigenvalue weighted by Crippen LogP contribution is 2.32. The van der Waals surface area contributed by atoms with Crippen LogP contribution in [0.3, 0.4) is 0 Å². The lowest BCUT2D eigenvalue weighted by Gasteiger charge is -2.35. The molecule has 0 saturated carbocycles. The number of likely N-dealkylation sites (N-methyl/N-ethyl adjacent to an activating group) is 1. The maximum atomic E-state index is 13.4. The van der Waals surface area contributed by atoms with E-state index in [1.807, 2.05) is 24.0 Å². The molecule has 0 aliphatic carbocycles. The van der Waals surface area contributed by atoms with E-state index >= 15 is 0 Å². The van der Waals surface area contributed by atoms with Gasteiger partial charge in [0.15, 0.2) is 10.9 Å². The van der Waals surface area contributed by atoms with E-state index in [4.69, 9.17) is 0 Å². The van der Waals surface area contributed by atoms with Gasteiger partial charge < -0.3 is 14.7 Å². The molecular weight excluding hydrogens is 439 g/mol. The highest BCUT2D eigenvalue weighted by Gasteiger charge is 2.34. The summed E-state index contributed by atoms with van der Waals surface area (Å²) in [5.74, 6) is 0.650. The van der Waals surface area contributed by atoms with E-state index in [0.29, 0.717) is 36.8 Å². The molecule has 0 N–H and O–H groups in total. The predicted molar refractivity (Wildman–Crippen MR) is 120 cm³/mol. The first-order valence-electron chi connectivity index (χ1n) is 10.6. The smallest absolute Gasteiger partial charge is 0.354 e. The molecule has 174 valence electrons. The first-order valence-corrected chi connectivity index (χ1v) is 11.6. The van der Waals surface area contributed by atoms with Crippen molar-refractivity contribution in [3.8, 4) is 0 Å². The Morgan fingerprint density at radius 1 is 1.09 bits per heavy atom. The van der Waals surface area contributed by atoms with Crippen molar-refractivity contribution in [3.63, 3.8) is 0 Å². The molecule has 1 aromatic carbocycles. The summed E-state index contributed by atoms with van der Waals surface area (Å²) in [5, 5.41) is 0.0959. The number of thioether (sulfide) groups is 1. The van der Waals surface area contributed by atoms with Crippen LogP contribution in [0, 0.1) is 0 Å². The number of rotatable bonds is 7. The van der Waals surface area contributed by atoms with Crippen molar-refractivity contribution < 1.29 is 18.0 Å². The Labute approximate surface area is 190 Å². The van der Waals surface area contributed by atoms with Crippen molar-refractivity contribution in [2.45, 2.75) is 30.9 Å². The lowest BCUT2D eigenvalue weighted by Crippen LogP contribution is -2.46. The molecular formula is C22H28F3N5OS. The molecule has 0 unspecified atom stereocenters. The Morgan fingerprint density at radius 2 is 1.75 bits per heavy atom. The van der Waals surface area contributed by atoms with Crippen LogP contribution in [0.15, 0.2) is 35.5 Å². The zero-order valence-corrected chi connectivity index (χ0v) is 19.3. The zero-order chi connectivity index (χ0) is 23.3. The highest BCUT2D eigenvalue weighted by atomic mass is 32.2. The average Bonchev–Trinajstić information content (AvgIpc) is 2.81. The Balaban J connectivity index is 1.73. The third kappa shape index (κ3) is 6.13. The molecule has 2 heterocycles. The number of anilines is 1. The molecule has 1 aliphatic heterocycles. The first-order chi connectivity index (χ1) is 15.2. The topological polar surface area (TPSA) is 52.6 Å². The van der Waals surface area contributed by atoms with E-state index in [-0.39, 0.29) is 11.1 Å². The second kappa shape index (κ2) is 10.5. The van der Waals surface area contributed by atoms with Crippen LogP contribution in [0.4, 0.5) is 19.0 Å². The summed E-state index contributed by atoms with van der Waals surface area (Å²) in [6.07, 6.45) is -4.54. The van der Waals surface area contributed by atoms with Crippen LogP contribution in [0.25, 0.3) is 0 Å². The summed E-state index contributed by atoms with van der Waals surface area (Å²) in [7, 11) is 1.73. The number of carbonyl (C=O) groups excluding carboxylic acids is 1. The number of halogens is 3. The van der Waals surface area contributed by atoms with Gasteiger partial charge in [0, 0.05) is 57.2 Å². The predicted octanol–water partition coefficient (Wildman–Crippen LogP) is 4.02. The van der Waals surface area contributed by atoms with Crippen molar-refractivity contribution in [1.29, 1.82) is 0 Å². The number of benzene rings is 1. The number of hydrogen-bond acceptors (Lipinski definition) is 6. The summed E-state index contributed by atoms with van der Waals surface area (Å²) in [6, 6.07) is 8.12. The van der Waals surface area contributed by atoms with Crippen LogP contribution in [-0.4, -0.2) is 72.0 Å². The number of piperazine rings is 1. The van der Waals surface area contributed by atoms with Crippen molar-refractivity contribution in [2.75, 3.05) is 51.2 Å². The average molecular weight is 468 g/mol. The molecule has 1 amide bonds. The molecule has 0 atom stereocenters. The van der Waals surface area contributed by atoms with Gasteiger partial charge in [0.25, 0.3) is 5.91 Å². The van der Waals surface area contributed by atoms with Gasteiger partial charge in [-0.1, -0.05) is 30.8 Å². The Hall–Kier alpha value is -2.33. The van der Waals surface area contributed by atoms with Crippen molar-refractivity contribution >= 4 is 23.5 Å². The van der Waals surface area contributed by atoms with Crippen molar-refractivity contribution in [3.05, 3.63) is 47.2 Å². The lowest BCUT2D eigenvalue weighted by molar-refractivity contribution is -0.141. The minimum Gasteiger partial charge on any atom is -0.354 e. The normalized spacial score (nSPS) is 15.1. The number of alkyl halides is 3. The van der Waals surface area contributed by atoms with Crippen molar-refractivity contribution in [1.82, 2.24) is 19.8 Å². The van der Waals surface area contributed by atoms with Gasteiger partial charge in [-0.2, -0.15) is 13.2 Å². The first kappa shape index (κ1) is 24.3. The van der Waals surface area contributed by atoms with E-state index < -0.39 is 11.9 Å². The van der Waals surface area contributed by atoms with Crippen LogP contribution < -0.4 is 4.90 Å². The standard InChI is InChI=1S/C22H28F3N5OS/c1-4-28(3)20(31)17-8-6-16(7-9-17)15-32-21-26-18(22(23,24)25)14-19(27-21)30-12-10-29(5-2)11-13-30/h6-9,14H,4-5,10-13,15H2,1-3H3. The van der Waals surface area contributed by atoms with E-state index in [1.165, 1.54) is 0 Å². The fraction of sp³-hybridized carbons (Fsp3) is 0.500. The summed E-state index contributed by atoms with van der Waals surface area (Å²) in [6.45, 7) is 8.36. The van der Waals surface area contributed by atoms with E-state index in [0.717, 1.165) is 43.0 Å². The zero-order valence-electron chi connectivity index (χ0n) is 18.5. The van der Waals surface area contributed by atoms with Crippen LogP contribution in [0.5, 0.6) is 0 Å². The van der Waals surface area contributed by atoms with Crippen molar-refractivity contribution in [2.24, 2.45) is 0 Å². The lowest BCUT2D eigenvalue weighted by atomic mass is 10.1. The third-order valence-electron chi connectivity index (χ3n) is 5.52. The third-order valence-corrected chi connectivity index (χ3v) is 6.43. The van der Waals surface area contributed by atoms with Crippen LogP contribution in [0.1, 0.15) is 35.5 Å². The quantitative estimate of drug-likeness (QED) is 0.453. The molecule has 3 rings (SSSR count). The Morgan fingerprint density at radius 3 is 2.31 bits per heavy atom. The Kier molecular flexibility index (Phi) is 8.00. The van der Waals surface area contributed by atoms with Gasteiger partial charge in [0.05, 0.1) is 0 Å². The van der Waals surface area contributed by atoms with Gasteiger partial charge in [-0.25, -0.2) is 9.97 Å². The summed E-state index contributed by atoms with van der Waals surface area (Å²) in [4.78, 5) is 26.1. The summed E-state index contributed by atoms with van der Waals surface area (Å²) >= 11 is 1.16. The maximum absolute atomic E-state index is 13.4. The van der Waals surface area contributed by atoms with Gasteiger partial charge in [0.1, 0.15) is 5.82 Å². The van der Waals surface area contributed by atoms with Crippen LogP contribution in [-0.2, 0) is 11.9 Å². The summed E-state index contributed by atoms with van der Waals surface area (Å²) < 4.78 is 40.3. The minimum absolute atomic E-state index is 0.0688. The monoisotopic (exact) mass is 467 g/mol.